The second-order valence-corrected chi connectivity index (χ2v) is 9.35. The van der Waals surface area contributed by atoms with Gasteiger partial charge in [-0.2, -0.15) is 9.97 Å². The first-order valence-corrected chi connectivity index (χ1v) is 11.5. The summed E-state index contributed by atoms with van der Waals surface area (Å²) >= 11 is 0. The molecular formula is C24H33N7O3. The normalized spacial score (nSPS) is 11.5. The number of aromatic nitrogens is 4. The molecule has 10 heteroatoms. The fourth-order valence-corrected chi connectivity index (χ4v) is 3.49. The average molecular weight is 468 g/mol. The summed E-state index contributed by atoms with van der Waals surface area (Å²) in [4.78, 5) is 48.4. The molecule has 2 heterocycles. The van der Waals surface area contributed by atoms with Crippen molar-refractivity contribution in [2.24, 2.45) is 0 Å². The van der Waals surface area contributed by atoms with Crippen LogP contribution in [0.3, 0.4) is 0 Å². The molecule has 182 valence electrons. The molecule has 0 aliphatic heterocycles. The maximum absolute atomic E-state index is 12.6. The highest BCUT2D eigenvalue weighted by atomic mass is 16.2. The van der Waals surface area contributed by atoms with E-state index in [1.54, 1.807) is 24.3 Å². The Morgan fingerprint density at radius 3 is 2.47 bits per heavy atom. The van der Waals surface area contributed by atoms with E-state index in [9.17, 15) is 14.4 Å². The number of rotatable bonds is 10. The minimum Gasteiger partial charge on any atom is -0.382 e. The number of H-pyrrole nitrogens is 1. The lowest BCUT2D eigenvalue weighted by molar-refractivity contribution is -0.122. The summed E-state index contributed by atoms with van der Waals surface area (Å²) in [5.41, 5.74) is 7.52. The Hall–Kier alpha value is -3.69. The molecular weight excluding hydrogens is 434 g/mol. The number of amides is 1. The molecule has 0 saturated carbocycles. The molecule has 3 aromatic rings. The molecule has 0 unspecified atom stereocenters. The molecule has 2 aromatic heterocycles. The SMILES string of the molecule is CCCCNc1nc(N)c2[nH]c(=O)n(Cc3ccc(C(=O)CCC(=O)NC(C)(C)C)cc3)c2n1. The van der Waals surface area contributed by atoms with Crippen LogP contribution >= 0.6 is 0 Å². The van der Waals surface area contributed by atoms with Gasteiger partial charge in [0, 0.05) is 30.5 Å². The van der Waals surface area contributed by atoms with Crippen LogP contribution in [-0.4, -0.2) is 43.3 Å². The van der Waals surface area contributed by atoms with Crippen molar-refractivity contribution in [1.29, 1.82) is 0 Å². The fraction of sp³-hybridized carbons (Fsp3) is 0.458. The van der Waals surface area contributed by atoms with Crippen molar-refractivity contribution in [1.82, 2.24) is 24.8 Å². The van der Waals surface area contributed by atoms with E-state index < -0.39 is 0 Å². The summed E-state index contributed by atoms with van der Waals surface area (Å²) < 4.78 is 1.49. The Kier molecular flexibility index (Phi) is 7.70. The Morgan fingerprint density at radius 2 is 1.82 bits per heavy atom. The number of ketones is 1. The molecule has 1 amide bonds. The smallest absolute Gasteiger partial charge is 0.328 e. The molecule has 0 bridgehead atoms. The van der Waals surface area contributed by atoms with Crippen molar-refractivity contribution in [3.63, 3.8) is 0 Å². The van der Waals surface area contributed by atoms with Gasteiger partial charge < -0.3 is 21.4 Å². The third-order valence-corrected chi connectivity index (χ3v) is 5.17. The zero-order valence-electron chi connectivity index (χ0n) is 20.2. The standard InChI is InChI=1S/C24H33N7O3/c1-5-6-13-26-22-28-20(25)19-21(29-22)31(23(34)27-19)14-15-7-9-16(10-8-15)17(32)11-12-18(33)30-24(2,3)4/h7-10H,5-6,11-14H2,1-4H3,(H,27,34)(H,30,33)(H3,25,26,28,29). The van der Waals surface area contributed by atoms with Crippen LogP contribution in [0.25, 0.3) is 11.2 Å². The predicted octanol–water partition coefficient (Wildman–Crippen LogP) is 2.84. The molecule has 34 heavy (non-hydrogen) atoms. The summed E-state index contributed by atoms with van der Waals surface area (Å²) in [7, 11) is 0. The van der Waals surface area contributed by atoms with E-state index in [1.165, 1.54) is 4.57 Å². The molecule has 0 atom stereocenters. The van der Waals surface area contributed by atoms with Crippen LogP contribution in [0, 0.1) is 0 Å². The zero-order chi connectivity index (χ0) is 24.9. The van der Waals surface area contributed by atoms with Gasteiger partial charge >= 0.3 is 5.69 Å². The van der Waals surface area contributed by atoms with Gasteiger partial charge in [-0.25, -0.2) is 4.79 Å². The third-order valence-electron chi connectivity index (χ3n) is 5.17. The average Bonchev–Trinajstić information content (AvgIpc) is 3.07. The molecule has 0 spiro atoms. The number of carbonyl (C=O) groups excluding carboxylic acids is 2. The van der Waals surface area contributed by atoms with E-state index in [-0.39, 0.29) is 48.1 Å². The molecule has 0 radical (unpaired) electrons. The van der Waals surface area contributed by atoms with Gasteiger partial charge in [0.2, 0.25) is 11.9 Å². The van der Waals surface area contributed by atoms with Gasteiger partial charge in [-0.1, -0.05) is 37.6 Å². The van der Waals surface area contributed by atoms with Crippen molar-refractivity contribution in [3.8, 4) is 0 Å². The monoisotopic (exact) mass is 467 g/mol. The second kappa shape index (κ2) is 10.5. The van der Waals surface area contributed by atoms with Crippen molar-refractivity contribution >= 4 is 34.6 Å². The second-order valence-electron chi connectivity index (χ2n) is 9.35. The first-order chi connectivity index (χ1) is 16.1. The molecule has 10 nitrogen and oxygen atoms in total. The molecule has 0 saturated heterocycles. The topological polar surface area (TPSA) is 148 Å². The van der Waals surface area contributed by atoms with Crippen molar-refractivity contribution in [3.05, 3.63) is 45.9 Å². The number of hydrogen-bond donors (Lipinski definition) is 4. The molecule has 1 aromatic carbocycles. The van der Waals surface area contributed by atoms with E-state index in [2.05, 4.69) is 32.5 Å². The van der Waals surface area contributed by atoms with Crippen molar-refractivity contribution < 1.29 is 9.59 Å². The number of nitrogens with two attached hydrogens (primary N) is 1. The number of nitrogens with one attached hydrogen (secondary N) is 3. The highest BCUT2D eigenvalue weighted by Crippen LogP contribution is 2.18. The van der Waals surface area contributed by atoms with Crippen LogP contribution in [0.5, 0.6) is 0 Å². The maximum atomic E-state index is 12.6. The molecule has 0 fully saturated rings. The highest BCUT2D eigenvalue weighted by Gasteiger charge is 2.16. The first-order valence-electron chi connectivity index (χ1n) is 11.5. The summed E-state index contributed by atoms with van der Waals surface area (Å²) in [6.07, 6.45) is 2.27. The lowest BCUT2D eigenvalue weighted by Crippen LogP contribution is -2.40. The van der Waals surface area contributed by atoms with Gasteiger partial charge in [0.05, 0.1) is 6.54 Å². The van der Waals surface area contributed by atoms with E-state index in [4.69, 9.17) is 5.73 Å². The minimum atomic E-state index is -0.341. The summed E-state index contributed by atoms with van der Waals surface area (Å²) in [6, 6.07) is 7.00. The number of aromatic amines is 1. The maximum Gasteiger partial charge on any atom is 0.328 e. The summed E-state index contributed by atoms with van der Waals surface area (Å²) in [5, 5.41) is 5.98. The van der Waals surface area contributed by atoms with E-state index in [1.807, 2.05) is 20.8 Å². The summed E-state index contributed by atoms with van der Waals surface area (Å²) in [6.45, 7) is 8.75. The number of nitrogen functional groups attached to an aromatic ring is 1. The lowest BCUT2D eigenvalue weighted by atomic mass is 10.0. The quantitative estimate of drug-likeness (QED) is 0.265. The van der Waals surface area contributed by atoms with Gasteiger partial charge in [-0.3, -0.25) is 14.2 Å². The van der Waals surface area contributed by atoms with Gasteiger partial charge in [0.1, 0.15) is 5.52 Å². The first kappa shape index (κ1) is 24.9. The van der Waals surface area contributed by atoms with Crippen molar-refractivity contribution in [2.75, 3.05) is 17.6 Å². The highest BCUT2D eigenvalue weighted by molar-refractivity contribution is 5.98. The Morgan fingerprint density at radius 1 is 1.12 bits per heavy atom. The summed E-state index contributed by atoms with van der Waals surface area (Å²) in [5.74, 6) is 0.322. The van der Waals surface area contributed by atoms with Gasteiger partial charge in [0.15, 0.2) is 17.2 Å². The number of nitrogens with zero attached hydrogens (tertiary/aromatic N) is 3. The van der Waals surface area contributed by atoms with Crippen LogP contribution in [0.4, 0.5) is 11.8 Å². The number of carbonyl (C=O) groups is 2. The molecule has 5 N–H and O–H groups in total. The number of benzene rings is 1. The number of hydrogen-bond acceptors (Lipinski definition) is 7. The Bertz CT molecular complexity index is 1220. The zero-order valence-corrected chi connectivity index (χ0v) is 20.2. The van der Waals surface area contributed by atoms with E-state index in [0.717, 1.165) is 18.4 Å². The van der Waals surface area contributed by atoms with Gasteiger partial charge in [-0.15, -0.1) is 0 Å². The van der Waals surface area contributed by atoms with E-state index >= 15 is 0 Å². The number of unbranched alkanes of at least 4 members (excludes halogenated alkanes) is 1. The Balaban J connectivity index is 1.71. The number of Topliss-reactive ketones (excluding diaryl/α,β-unsaturated/α-hetero) is 1. The fourth-order valence-electron chi connectivity index (χ4n) is 3.49. The lowest BCUT2D eigenvalue weighted by Gasteiger charge is -2.20. The van der Waals surface area contributed by atoms with Crippen molar-refractivity contribution in [2.45, 2.75) is 65.5 Å². The predicted molar refractivity (Wildman–Crippen MR) is 133 cm³/mol. The van der Waals surface area contributed by atoms with Crippen LogP contribution in [0.15, 0.2) is 29.1 Å². The number of anilines is 2. The Labute approximate surface area is 198 Å². The molecule has 3 rings (SSSR count). The number of fused-ring (bicyclic) bond motifs is 1. The van der Waals surface area contributed by atoms with Gasteiger partial charge in [-0.05, 0) is 32.8 Å². The third kappa shape index (κ3) is 6.43. The van der Waals surface area contributed by atoms with Gasteiger partial charge in [0.25, 0.3) is 0 Å². The van der Waals surface area contributed by atoms with Crippen LogP contribution in [0.2, 0.25) is 0 Å². The molecule has 0 aliphatic rings. The molecule has 0 aliphatic carbocycles. The van der Waals surface area contributed by atoms with Crippen LogP contribution in [-0.2, 0) is 11.3 Å². The number of imidazole rings is 1. The van der Waals surface area contributed by atoms with E-state index in [0.29, 0.717) is 29.2 Å². The van der Waals surface area contributed by atoms with Crippen LogP contribution < -0.4 is 22.1 Å². The van der Waals surface area contributed by atoms with Crippen LogP contribution in [0.1, 0.15) is 69.3 Å². The largest absolute Gasteiger partial charge is 0.382 e. The minimum absolute atomic E-state index is 0.108.